The van der Waals surface area contributed by atoms with Crippen LogP contribution in [0.15, 0.2) is 41.8 Å². The van der Waals surface area contributed by atoms with Crippen molar-refractivity contribution in [2.45, 2.75) is 19.3 Å². The van der Waals surface area contributed by atoms with Gasteiger partial charge in [-0.2, -0.15) is 0 Å². The summed E-state index contributed by atoms with van der Waals surface area (Å²) in [5.41, 5.74) is 0.703. The smallest absolute Gasteiger partial charge is 0.350 e. The van der Waals surface area contributed by atoms with Gasteiger partial charge in [0.25, 0.3) is 0 Å². The van der Waals surface area contributed by atoms with E-state index < -0.39 is 11.4 Å². The summed E-state index contributed by atoms with van der Waals surface area (Å²) in [4.78, 5) is 24.6. The second-order valence-electron chi connectivity index (χ2n) is 5.10. The van der Waals surface area contributed by atoms with Gasteiger partial charge in [0.1, 0.15) is 4.88 Å². The van der Waals surface area contributed by atoms with Gasteiger partial charge in [-0.05, 0) is 30.9 Å². The lowest BCUT2D eigenvalue weighted by Crippen LogP contribution is -2.34. The van der Waals surface area contributed by atoms with Crippen LogP contribution in [0.3, 0.4) is 0 Å². The van der Waals surface area contributed by atoms with E-state index in [1.165, 1.54) is 18.4 Å². The highest BCUT2D eigenvalue weighted by atomic mass is 32.1. The van der Waals surface area contributed by atoms with Gasteiger partial charge in [-0.3, -0.25) is 4.79 Å². The normalized spacial score (nSPS) is 11.0. The molecule has 21 heavy (non-hydrogen) atoms. The highest BCUT2D eigenvalue weighted by molar-refractivity contribution is 7.12. The first-order chi connectivity index (χ1) is 9.96. The Bertz CT molecular complexity index is 647. The van der Waals surface area contributed by atoms with Crippen LogP contribution in [0, 0.1) is 0 Å². The zero-order valence-corrected chi connectivity index (χ0v) is 13.0. The van der Waals surface area contributed by atoms with E-state index in [-0.39, 0.29) is 5.91 Å². The molecule has 0 saturated heterocycles. The molecule has 0 bridgehead atoms. The van der Waals surface area contributed by atoms with Crippen molar-refractivity contribution in [2.75, 3.05) is 12.4 Å². The second kappa shape index (κ2) is 6.10. The minimum Gasteiger partial charge on any atom is -0.465 e. The zero-order valence-electron chi connectivity index (χ0n) is 12.2. The Morgan fingerprint density at radius 2 is 1.81 bits per heavy atom. The molecule has 110 valence electrons. The van der Waals surface area contributed by atoms with E-state index in [2.05, 4.69) is 5.32 Å². The van der Waals surface area contributed by atoms with Crippen LogP contribution in [0.4, 0.5) is 5.69 Å². The van der Waals surface area contributed by atoms with Gasteiger partial charge in [0.2, 0.25) is 5.91 Å². The first-order valence-electron chi connectivity index (χ1n) is 6.49. The minimum atomic E-state index is -0.698. The number of esters is 1. The molecule has 1 aromatic carbocycles. The van der Waals surface area contributed by atoms with E-state index in [9.17, 15) is 9.59 Å². The molecule has 0 aliphatic rings. The highest BCUT2D eigenvalue weighted by Gasteiger charge is 2.30. The fourth-order valence-corrected chi connectivity index (χ4v) is 2.69. The second-order valence-corrected chi connectivity index (χ2v) is 6.02. The molecule has 0 fully saturated rings. The molecule has 0 aliphatic carbocycles. The number of rotatable bonds is 4. The largest absolute Gasteiger partial charge is 0.465 e. The molecule has 2 rings (SSSR count). The monoisotopic (exact) mass is 303 g/mol. The van der Waals surface area contributed by atoms with E-state index in [0.29, 0.717) is 10.6 Å². The van der Waals surface area contributed by atoms with Crippen molar-refractivity contribution >= 4 is 28.9 Å². The predicted octanol–water partition coefficient (Wildman–Crippen LogP) is 3.45. The maximum absolute atomic E-state index is 12.5. The number of nitrogens with one attached hydrogen (secondary N) is 1. The molecule has 4 nitrogen and oxygen atoms in total. The summed E-state index contributed by atoms with van der Waals surface area (Å²) in [6.07, 6.45) is 0. The molecule has 1 amide bonds. The SMILES string of the molecule is COC(=O)c1sccc1NC(=O)C(C)(C)c1ccccc1. The summed E-state index contributed by atoms with van der Waals surface area (Å²) in [5.74, 6) is -0.616. The van der Waals surface area contributed by atoms with E-state index in [4.69, 9.17) is 4.74 Å². The van der Waals surface area contributed by atoms with Gasteiger partial charge in [-0.25, -0.2) is 4.79 Å². The van der Waals surface area contributed by atoms with Crippen LogP contribution < -0.4 is 5.32 Å². The number of benzene rings is 1. The molecule has 0 saturated carbocycles. The molecule has 5 heteroatoms. The lowest BCUT2D eigenvalue weighted by atomic mass is 9.83. The third kappa shape index (κ3) is 3.13. The van der Waals surface area contributed by atoms with Gasteiger partial charge in [-0.1, -0.05) is 30.3 Å². The van der Waals surface area contributed by atoms with Gasteiger partial charge < -0.3 is 10.1 Å². The van der Waals surface area contributed by atoms with E-state index in [1.54, 1.807) is 11.4 Å². The van der Waals surface area contributed by atoms with Crippen molar-refractivity contribution in [3.8, 4) is 0 Å². The quantitative estimate of drug-likeness (QED) is 0.880. The molecule has 0 radical (unpaired) electrons. The molecule has 0 atom stereocenters. The number of hydrogen-bond acceptors (Lipinski definition) is 4. The summed E-state index contributed by atoms with van der Waals surface area (Å²) in [7, 11) is 1.32. The van der Waals surface area contributed by atoms with Gasteiger partial charge in [-0.15, -0.1) is 11.3 Å². The van der Waals surface area contributed by atoms with Gasteiger partial charge >= 0.3 is 5.97 Å². The number of hydrogen-bond donors (Lipinski definition) is 1. The lowest BCUT2D eigenvalue weighted by molar-refractivity contribution is -0.120. The molecule has 1 heterocycles. The van der Waals surface area contributed by atoms with E-state index in [0.717, 1.165) is 5.56 Å². The number of amides is 1. The Morgan fingerprint density at radius 3 is 2.43 bits per heavy atom. The molecular formula is C16H17NO3S. The number of ether oxygens (including phenoxy) is 1. The molecule has 2 aromatic rings. The van der Waals surface area contributed by atoms with Crippen LogP contribution in [-0.4, -0.2) is 19.0 Å². The van der Waals surface area contributed by atoms with Crippen LogP contribution >= 0.6 is 11.3 Å². The number of carbonyl (C=O) groups is 2. The molecule has 0 aliphatic heterocycles. The number of anilines is 1. The third-order valence-electron chi connectivity index (χ3n) is 3.35. The van der Waals surface area contributed by atoms with Crippen molar-refractivity contribution in [3.63, 3.8) is 0 Å². The van der Waals surface area contributed by atoms with Gasteiger partial charge in [0.15, 0.2) is 0 Å². The Balaban J connectivity index is 2.22. The van der Waals surface area contributed by atoms with Crippen molar-refractivity contribution in [2.24, 2.45) is 0 Å². The van der Waals surface area contributed by atoms with Crippen molar-refractivity contribution in [3.05, 3.63) is 52.2 Å². The van der Waals surface area contributed by atoms with E-state index in [1.807, 2.05) is 44.2 Å². The fraction of sp³-hybridized carbons (Fsp3) is 0.250. The summed E-state index contributed by atoms with van der Waals surface area (Å²) in [6, 6.07) is 11.2. The standard InChI is InChI=1S/C16H17NO3S/c1-16(2,11-7-5-4-6-8-11)15(19)17-12-9-10-21-13(12)14(18)20-3/h4-10H,1-3H3,(H,17,19). The van der Waals surface area contributed by atoms with Crippen molar-refractivity contribution in [1.29, 1.82) is 0 Å². The first-order valence-corrected chi connectivity index (χ1v) is 7.37. The van der Waals surface area contributed by atoms with Crippen LogP contribution in [0.25, 0.3) is 0 Å². The van der Waals surface area contributed by atoms with Crippen LogP contribution in [0.1, 0.15) is 29.1 Å². The van der Waals surface area contributed by atoms with Crippen LogP contribution in [-0.2, 0) is 14.9 Å². The molecular weight excluding hydrogens is 286 g/mol. The third-order valence-corrected chi connectivity index (χ3v) is 4.24. The first kappa shape index (κ1) is 15.3. The number of methoxy groups -OCH3 is 1. The summed E-state index contributed by atoms with van der Waals surface area (Å²) in [6.45, 7) is 3.70. The van der Waals surface area contributed by atoms with Crippen molar-refractivity contribution in [1.82, 2.24) is 0 Å². The maximum Gasteiger partial charge on any atom is 0.350 e. The molecule has 0 spiro atoms. The molecule has 1 N–H and O–H groups in total. The maximum atomic E-state index is 12.5. The number of carbonyl (C=O) groups excluding carboxylic acids is 2. The van der Waals surface area contributed by atoms with Crippen LogP contribution in [0.5, 0.6) is 0 Å². The Kier molecular flexibility index (Phi) is 4.43. The van der Waals surface area contributed by atoms with Crippen molar-refractivity contribution < 1.29 is 14.3 Å². The Labute approximate surface area is 127 Å². The summed E-state index contributed by atoms with van der Waals surface area (Å²) < 4.78 is 4.71. The van der Waals surface area contributed by atoms with Crippen LogP contribution in [0.2, 0.25) is 0 Å². The topological polar surface area (TPSA) is 55.4 Å². The van der Waals surface area contributed by atoms with Gasteiger partial charge in [0, 0.05) is 0 Å². The fourth-order valence-electron chi connectivity index (χ4n) is 1.92. The summed E-state index contributed by atoms with van der Waals surface area (Å²) >= 11 is 1.24. The highest BCUT2D eigenvalue weighted by Crippen LogP contribution is 2.28. The average Bonchev–Trinajstić information content (AvgIpc) is 2.95. The Morgan fingerprint density at radius 1 is 1.14 bits per heavy atom. The lowest BCUT2D eigenvalue weighted by Gasteiger charge is -2.24. The minimum absolute atomic E-state index is 0.169. The predicted molar refractivity (Wildman–Crippen MR) is 83.8 cm³/mol. The summed E-state index contributed by atoms with van der Waals surface area (Å²) in [5, 5.41) is 4.56. The molecule has 1 aromatic heterocycles. The van der Waals surface area contributed by atoms with Gasteiger partial charge in [0.05, 0.1) is 18.2 Å². The van der Waals surface area contributed by atoms with E-state index >= 15 is 0 Å². The zero-order chi connectivity index (χ0) is 15.5. The number of thiophene rings is 1. The average molecular weight is 303 g/mol. The Hall–Kier alpha value is -2.14. The molecule has 0 unspecified atom stereocenters.